The van der Waals surface area contributed by atoms with Gasteiger partial charge in [0, 0.05) is 46.2 Å². The molecule has 0 radical (unpaired) electrons. The van der Waals surface area contributed by atoms with Gasteiger partial charge in [-0.1, -0.05) is 29.8 Å². The van der Waals surface area contributed by atoms with Gasteiger partial charge in [-0.15, -0.1) is 0 Å². The highest BCUT2D eigenvalue weighted by Gasteiger charge is 2.35. The highest BCUT2D eigenvalue weighted by atomic mass is 35.5. The molecule has 0 bridgehead atoms. The zero-order valence-corrected chi connectivity index (χ0v) is 20.6. The monoisotopic (exact) mass is 515 g/mol. The first-order valence-electron chi connectivity index (χ1n) is 11.8. The van der Waals surface area contributed by atoms with Crippen LogP contribution in [-0.4, -0.2) is 30.0 Å². The number of carbonyl (C=O) groups is 1. The third-order valence-electron chi connectivity index (χ3n) is 7.05. The Hall–Kier alpha value is -3.26. The fraction of sp³-hybridized carbons (Fsp3) is 0.333. The summed E-state index contributed by atoms with van der Waals surface area (Å²) in [5.74, 6) is 0.0698. The lowest BCUT2D eigenvalue weighted by Gasteiger charge is -2.36. The number of alkyl halides is 3. The number of nitrogens with one attached hydrogen (secondary N) is 1. The number of halogens is 4. The van der Waals surface area contributed by atoms with Crippen molar-refractivity contribution in [1.82, 2.24) is 10.3 Å². The second-order valence-corrected chi connectivity index (χ2v) is 9.76. The van der Waals surface area contributed by atoms with E-state index in [0.717, 1.165) is 17.0 Å². The Morgan fingerprint density at radius 2 is 1.81 bits per heavy atom. The zero-order valence-electron chi connectivity index (χ0n) is 19.8. The molecule has 5 nitrogen and oxygen atoms in total. The highest BCUT2D eigenvalue weighted by molar-refractivity contribution is 6.31. The number of para-hydroxylation sites is 1. The molecule has 2 aromatic heterocycles. The molecule has 1 fully saturated rings. The van der Waals surface area contributed by atoms with E-state index in [2.05, 4.69) is 10.3 Å². The van der Waals surface area contributed by atoms with Gasteiger partial charge in [-0.3, -0.25) is 4.79 Å². The first-order valence-corrected chi connectivity index (χ1v) is 12.2. The minimum atomic E-state index is -4.56. The topological polar surface area (TPSA) is 58.4 Å². The van der Waals surface area contributed by atoms with Crippen LogP contribution in [-0.2, 0) is 6.18 Å². The molecule has 0 atom stereocenters. The van der Waals surface area contributed by atoms with Gasteiger partial charge in [0.25, 0.3) is 5.91 Å². The van der Waals surface area contributed by atoms with Gasteiger partial charge in [-0.2, -0.15) is 13.2 Å². The molecule has 1 aliphatic rings. The van der Waals surface area contributed by atoms with Gasteiger partial charge in [0.1, 0.15) is 11.3 Å². The Labute approximate surface area is 211 Å². The van der Waals surface area contributed by atoms with Crippen LogP contribution >= 0.6 is 11.6 Å². The molecule has 2 heterocycles. The molecule has 5 rings (SSSR count). The number of aromatic nitrogens is 1. The normalized spacial score (nSPS) is 18.5. The molecule has 0 saturated heterocycles. The van der Waals surface area contributed by atoms with Crippen molar-refractivity contribution in [2.75, 3.05) is 11.9 Å². The van der Waals surface area contributed by atoms with Crippen LogP contribution in [0, 0.1) is 6.92 Å². The summed E-state index contributed by atoms with van der Waals surface area (Å²) in [5, 5.41) is 5.00. The van der Waals surface area contributed by atoms with E-state index in [1.54, 1.807) is 19.2 Å². The average molecular weight is 516 g/mol. The summed E-state index contributed by atoms with van der Waals surface area (Å²) < 4.78 is 46.4. The quantitative estimate of drug-likeness (QED) is 0.314. The van der Waals surface area contributed by atoms with E-state index in [1.807, 2.05) is 36.1 Å². The Bertz CT molecular complexity index is 1440. The van der Waals surface area contributed by atoms with Crippen molar-refractivity contribution in [1.29, 1.82) is 0 Å². The van der Waals surface area contributed by atoms with Crippen LogP contribution in [0.5, 0.6) is 0 Å². The number of nitrogens with zero attached hydrogens (tertiary/aromatic N) is 2. The Morgan fingerprint density at radius 1 is 1.08 bits per heavy atom. The van der Waals surface area contributed by atoms with Crippen molar-refractivity contribution in [3.05, 3.63) is 70.6 Å². The maximum atomic E-state index is 13.5. The molecule has 0 aliphatic heterocycles. The van der Waals surface area contributed by atoms with E-state index in [-0.39, 0.29) is 23.5 Å². The van der Waals surface area contributed by atoms with Gasteiger partial charge in [0.05, 0.1) is 5.52 Å². The standard InChI is InChI=1S/C27H25ClF3N3O2/c1-15-19-5-3-4-6-23(19)36-25(15)26(35)32-17-8-10-18(11-9-17)34(2)22-14-24(27(29,30)31)33-21-12-7-16(28)13-20(21)22/h3-7,12-14,17-18H,8-11H2,1-2H3,(H,32,35). The molecule has 1 aliphatic carbocycles. The second kappa shape index (κ2) is 9.32. The molecule has 1 amide bonds. The summed E-state index contributed by atoms with van der Waals surface area (Å²) in [6.45, 7) is 1.87. The summed E-state index contributed by atoms with van der Waals surface area (Å²) in [5.41, 5.74) is 1.24. The molecular formula is C27H25ClF3N3O2. The Balaban J connectivity index is 1.31. The van der Waals surface area contributed by atoms with Crippen LogP contribution in [0.2, 0.25) is 5.02 Å². The molecule has 0 unspecified atom stereocenters. The van der Waals surface area contributed by atoms with Crippen LogP contribution in [0.4, 0.5) is 18.9 Å². The van der Waals surface area contributed by atoms with E-state index in [9.17, 15) is 18.0 Å². The van der Waals surface area contributed by atoms with Crippen LogP contribution in [0.1, 0.15) is 47.5 Å². The lowest BCUT2D eigenvalue weighted by molar-refractivity contribution is -0.140. The molecule has 9 heteroatoms. The first kappa shape index (κ1) is 24.4. The number of pyridine rings is 1. The molecular weight excluding hydrogens is 491 g/mol. The number of amides is 1. The summed E-state index contributed by atoms with van der Waals surface area (Å²) in [6.07, 6.45) is -1.72. The van der Waals surface area contributed by atoms with Crippen LogP contribution in [0.3, 0.4) is 0 Å². The van der Waals surface area contributed by atoms with Crippen molar-refractivity contribution >= 4 is 45.1 Å². The SMILES string of the molecule is Cc1c(C(=O)NC2CCC(N(C)c3cc(C(F)(F)F)nc4ccc(Cl)cc34)CC2)oc2ccccc12. The van der Waals surface area contributed by atoms with Crippen molar-refractivity contribution in [3.8, 4) is 0 Å². The third-order valence-corrected chi connectivity index (χ3v) is 7.28. The fourth-order valence-electron chi connectivity index (χ4n) is 5.06. The predicted molar refractivity (Wildman–Crippen MR) is 135 cm³/mol. The van der Waals surface area contributed by atoms with Crippen LogP contribution in [0.15, 0.2) is 52.9 Å². The molecule has 2 aromatic carbocycles. The van der Waals surface area contributed by atoms with Gasteiger partial charge in [-0.05, 0) is 62.9 Å². The van der Waals surface area contributed by atoms with Crippen LogP contribution < -0.4 is 10.2 Å². The maximum absolute atomic E-state index is 13.5. The molecule has 1 N–H and O–H groups in total. The number of hydrogen-bond acceptors (Lipinski definition) is 4. The van der Waals surface area contributed by atoms with Crippen molar-refractivity contribution in [2.24, 2.45) is 0 Å². The first-order chi connectivity index (χ1) is 17.1. The van der Waals surface area contributed by atoms with Gasteiger partial charge in [-0.25, -0.2) is 4.98 Å². The zero-order chi connectivity index (χ0) is 25.6. The second-order valence-electron chi connectivity index (χ2n) is 9.33. The minimum Gasteiger partial charge on any atom is -0.451 e. The number of fused-ring (bicyclic) bond motifs is 2. The minimum absolute atomic E-state index is 0.0109. The van der Waals surface area contributed by atoms with E-state index in [4.69, 9.17) is 16.0 Å². The summed E-state index contributed by atoms with van der Waals surface area (Å²) in [4.78, 5) is 18.6. The summed E-state index contributed by atoms with van der Waals surface area (Å²) in [6, 6.07) is 13.3. The fourth-order valence-corrected chi connectivity index (χ4v) is 5.24. The summed E-state index contributed by atoms with van der Waals surface area (Å²) in [7, 11) is 1.80. The van der Waals surface area contributed by atoms with Crippen molar-refractivity contribution < 1.29 is 22.4 Å². The number of anilines is 1. The molecule has 0 spiro atoms. The Morgan fingerprint density at radius 3 is 2.50 bits per heavy atom. The van der Waals surface area contributed by atoms with Crippen LogP contribution in [0.25, 0.3) is 21.9 Å². The number of furan rings is 1. The number of aryl methyl sites for hydroxylation is 1. The molecule has 36 heavy (non-hydrogen) atoms. The lowest BCUT2D eigenvalue weighted by atomic mass is 9.89. The molecule has 1 saturated carbocycles. The number of rotatable bonds is 4. The average Bonchev–Trinajstić information content (AvgIpc) is 3.19. The van der Waals surface area contributed by atoms with E-state index in [1.165, 1.54) is 6.07 Å². The van der Waals surface area contributed by atoms with E-state index in [0.29, 0.717) is 53.1 Å². The lowest BCUT2D eigenvalue weighted by Crippen LogP contribution is -2.43. The van der Waals surface area contributed by atoms with Gasteiger partial charge in [0.15, 0.2) is 5.76 Å². The predicted octanol–water partition coefficient (Wildman–Crippen LogP) is 7.14. The number of benzene rings is 2. The number of hydrogen-bond donors (Lipinski definition) is 1. The van der Waals surface area contributed by atoms with Gasteiger partial charge >= 0.3 is 6.18 Å². The summed E-state index contributed by atoms with van der Waals surface area (Å²) >= 11 is 6.15. The Kier molecular flexibility index (Phi) is 6.32. The smallest absolute Gasteiger partial charge is 0.433 e. The number of carbonyl (C=O) groups excluding carboxylic acids is 1. The molecule has 188 valence electrons. The van der Waals surface area contributed by atoms with Crippen molar-refractivity contribution in [3.63, 3.8) is 0 Å². The van der Waals surface area contributed by atoms with Crippen molar-refractivity contribution in [2.45, 2.75) is 50.9 Å². The third kappa shape index (κ3) is 4.62. The van der Waals surface area contributed by atoms with E-state index >= 15 is 0 Å². The van der Waals surface area contributed by atoms with Gasteiger partial charge in [0.2, 0.25) is 0 Å². The largest absolute Gasteiger partial charge is 0.451 e. The van der Waals surface area contributed by atoms with E-state index < -0.39 is 11.9 Å². The molecule has 4 aromatic rings. The van der Waals surface area contributed by atoms with Gasteiger partial charge < -0.3 is 14.6 Å². The maximum Gasteiger partial charge on any atom is 0.433 e. The highest BCUT2D eigenvalue weighted by Crippen LogP contribution is 2.37.